The smallest absolute Gasteiger partial charge is 0.340 e. The van der Waals surface area contributed by atoms with Crippen LogP contribution in [0.5, 0.6) is 0 Å². The molecule has 0 bridgehead atoms. The van der Waals surface area contributed by atoms with Crippen LogP contribution in [0.2, 0.25) is 5.02 Å². The number of carbonyl (C=O) groups excluding carboxylic acids is 1. The number of ether oxygens (including phenoxy) is 1. The molecule has 1 aromatic carbocycles. The zero-order valence-corrected chi connectivity index (χ0v) is 13.1. The molecule has 0 aromatic heterocycles. The van der Waals surface area contributed by atoms with Crippen LogP contribution in [-0.4, -0.2) is 19.6 Å². The number of rotatable bonds is 7. The average molecular weight is 299 g/mol. The molecule has 0 saturated heterocycles. The number of unbranched alkanes of at least 4 members (excludes halogenated alkanes) is 1. The molecule has 1 aromatic rings. The Morgan fingerprint density at radius 1 is 1.40 bits per heavy atom. The summed E-state index contributed by atoms with van der Waals surface area (Å²) in [7, 11) is 1.34. The SMILES string of the molecule is COC(=O)c1cc(N)cc(Cl)c1NCCCCC(C)C. The van der Waals surface area contributed by atoms with Crippen molar-refractivity contribution >= 4 is 28.9 Å². The Morgan fingerprint density at radius 2 is 2.10 bits per heavy atom. The molecule has 0 atom stereocenters. The fourth-order valence-corrected chi connectivity index (χ4v) is 2.26. The van der Waals surface area contributed by atoms with Gasteiger partial charge in [-0.2, -0.15) is 0 Å². The summed E-state index contributed by atoms with van der Waals surface area (Å²) in [6, 6.07) is 3.21. The van der Waals surface area contributed by atoms with E-state index in [1.54, 1.807) is 12.1 Å². The average Bonchev–Trinajstić information content (AvgIpc) is 2.38. The Hall–Kier alpha value is -1.42. The number of halogens is 1. The van der Waals surface area contributed by atoms with E-state index in [0.29, 0.717) is 27.9 Å². The number of hydrogen-bond acceptors (Lipinski definition) is 4. The number of methoxy groups -OCH3 is 1. The molecule has 5 heteroatoms. The molecule has 0 aliphatic carbocycles. The molecule has 4 nitrogen and oxygen atoms in total. The van der Waals surface area contributed by atoms with Crippen LogP contribution in [0.15, 0.2) is 12.1 Å². The molecule has 0 aliphatic heterocycles. The highest BCUT2D eigenvalue weighted by Crippen LogP contribution is 2.29. The molecule has 0 amide bonds. The van der Waals surface area contributed by atoms with Crippen LogP contribution >= 0.6 is 11.6 Å². The summed E-state index contributed by atoms with van der Waals surface area (Å²) in [4.78, 5) is 11.7. The van der Waals surface area contributed by atoms with Crippen LogP contribution in [0.1, 0.15) is 43.5 Å². The van der Waals surface area contributed by atoms with Crippen molar-refractivity contribution in [2.45, 2.75) is 33.1 Å². The van der Waals surface area contributed by atoms with Crippen molar-refractivity contribution in [3.8, 4) is 0 Å². The van der Waals surface area contributed by atoms with Crippen LogP contribution in [0, 0.1) is 5.92 Å². The quantitative estimate of drug-likeness (QED) is 0.454. The molecule has 0 aliphatic rings. The minimum Gasteiger partial charge on any atom is -0.465 e. The predicted octanol–water partition coefficient (Wildman–Crippen LogP) is 3.95. The molecule has 0 heterocycles. The molecule has 0 spiro atoms. The fraction of sp³-hybridized carbons (Fsp3) is 0.533. The highest BCUT2D eigenvalue weighted by molar-refractivity contribution is 6.34. The Morgan fingerprint density at radius 3 is 2.70 bits per heavy atom. The van der Waals surface area contributed by atoms with Gasteiger partial charge in [0.2, 0.25) is 0 Å². The number of esters is 1. The van der Waals surface area contributed by atoms with Gasteiger partial charge in [-0.15, -0.1) is 0 Å². The first-order chi connectivity index (χ1) is 9.45. The summed E-state index contributed by atoms with van der Waals surface area (Å²) < 4.78 is 4.75. The Kier molecular flexibility index (Phi) is 6.65. The fourth-order valence-electron chi connectivity index (χ4n) is 1.97. The molecular formula is C15H23ClN2O2. The summed E-state index contributed by atoms with van der Waals surface area (Å²) in [6.45, 7) is 5.18. The highest BCUT2D eigenvalue weighted by atomic mass is 35.5. The van der Waals surface area contributed by atoms with Crippen LogP contribution in [-0.2, 0) is 4.74 Å². The van der Waals surface area contributed by atoms with Crippen molar-refractivity contribution in [3.05, 3.63) is 22.7 Å². The van der Waals surface area contributed by atoms with Crippen LogP contribution in [0.4, 0.5) is 11.4 Å². The van der Waals surface area contributed by atoms with Crippen LogP contribution < -0.4 is 11.1 Å². The number of benzene rings is 1. The molecule has 0 fully saturated rings. The number of nitrogen functional groups attached to an aromatic ring is 1. The van der Waals surface area contributed by atoms with E-state index in [9.17, 15) is 4.79 Å². The van der Waals surface area contributed by atoms with E-state index >= 15 is 0 Å². The molecule has 0 saturated carbocycles. The van der Waals surface area contributed by atoms with Gasteiger partial charge in [0.1, 0.15) is 0 Å². The number of nitrogens with one attached hydrogen (secondary N) is 1. The minimum absolute atomic E-state index is 0.376. The molecule has 112 valence electrons. The Balaban J connectivity index is 2.70. The third kappa shape index (κ3) is 4.93. The lowest BCUT2D eigenvalue weighted by Gasteiger charge is -2.14. The van der Waals surface area contributed by atoms with Gasteiger partial charge in [-0.3, -0.25) is 0 Å². The van der Waals surface area contributed by atoms with Crippen molar-refractivity contribution in [3.63, 3.8) is 0 Å². The van der Waals surface area contributed by atoms with Gasteiger partial charge in [0, 0.05) is 12.2 Å². The standard InChI is InChI=1S/C15H23ClN2O2/c1-10(2)6-4-5-7-18-14-12(15(19)20-3)8-11(17)9-13(14)16/h8-10,18H,4-7,17H2,1-3H3. The van der Waals surface area contributed by atoms with Gasteiger partial charge in [0.15, 0.2) is 0 Å². The first-order valence-electron chi connectivity index (χ1n) is 6.87. The largest absolute Gasteiger partial charge is 0.465 e. The van der Waals surface area contributed by atoms with Gasteiger partial charge in [-0.05, 0) is 24.5 Å². The zero-order valence-electron chi connectivity index (χ0n) is 12.3. The van der Waals surface area contributed by atoms with Gasteiger partial charge in [0.05, 0.1) is 23.4 Å². The van der Waals surface area contributed by atoms with E-state index < -0.39 is 5.97 Å². The molecule has 0 unspecified atom stereocenters. The first-order valence-corrected chi connectivity index (χ1v) is 7.24. The maximum Gasteiger partial charge on any atom is 0.340 e. The molecule has 1 rings (SSSR count). The number of carbonyl (C=O) groups is 1. The summed E-state index contributed by atoms with van der Waals surface area (Å²) in [5.41, 5.74) is 7.13. The van der Waals surface area contributed by atoms with Crippen molar-refractivity contribution in [1.29, 1.82) is 0 Å². The Labute approximate surface area is 125 Å². The van der Waals surface area contributed by atoms with Gasteiger partial charge in [-0.25, -0.2) is 4.79 Å². The molecule has 0 radical (unpaired) electrons. The summed E-state index contributed by atoms with van der Waals surface area (Å²) >= 11 is 6.15. The topological polar surface area (TPSA) is 64.3 Å². The molecular weight excluding hydrogens is 276 g/mol. The number of hydrogen-bond donors (Lipinski definition) is 2. The van der Waals surface area contributed by atoms with Crippen molar-refractivity contribution in [2.24, 2.45) is 5.92 Å². The first kappa shape index (κ1) is 16.6. The highest BCUT2D eigenvalue weighted by Gasteiger charge is 2.15. The maximum atomic E-state index is 11.7. The van der Waals surface area contributed by atoms with Crippen LogP contribution in [0.3, 0.4) is 0 Å². The third-order valence-electron chi connectivity index (χ3n) is 3.03. The molecule has 3 N–H and O–H groups in total. The second kappa shape index (κ2) is 8.00. The second-order valence-corrected chi connectivity index (χ2v) is 5.64. The lowest BCUT2D eigenvalue weighted by atomic mass is 10.1. The zero-order chi connectivity index (χ0) is 15.1. The summed E-state index contributed by atoms with van der Waals surface area (Å²) in [5.74, 6) is 0.268. The summed E-state index contributed by atoms with van der Waals surface area (Å²) in [6.07, 6.45) is 3.37. The second-order valence-electron chi connectivity index (χ2n) is 5.23. The minimum atomic E-state index is -0.441. The predicted molar refractivity (Wildman–Crippen MR) is 84.4 cm³/mol. The normalized spacial score (nSPS) is 10.7. The van der Waals surface area contributed by atoms with Crippen molar-refractivity contribution in [2.75, 3.05) is 24.7 Å². The Bertz CT molecular complexity index is 461. The lowest BCUT2D eigenvalue weighted by Crippen LogP contribution is -2.11. The third-order valence-corrected chi connectivity index (χ3v) is 3.33. The van der Waals surface area contributed by atoms with Crippen molar-refractivity contribution in [1.82, 2.24) is 0 Å². The van der Waals surface area contributed by atoms with Gasteiger partial charge in [-0.1, -0.05) is 38.3 Å². The molecule has 20 heavy (non-hydrogen) atoms. The van der Waals surface area contributed by atoms with E-state index in [2.05, 4.69) is 19.2 Å². The monoisotopic (exact) mass is 298 g/mol. The maximum absolute atomic E-state index is 11.7. The lowest BCUT2D eigenvalue weighted by molar-refractivity contribution is 0.0602. The van der Waals surface area contributed by atoms with E-state index in [-0.39, 0.29) is 0 Å². The van der Waals surface area contributed by atoms with Gasteiger partial charge < -0.3 is 15.8 Å². The van der Waals surface area contributed by atoms with E-state index in [1.165, 1.54) is 13.5 Å². The van der Waals surface area contributed by atoms with Gasteiger partial charge >= 0.3 is 5.97 Å². The van der Waals surface area contributed by atoms with Crippen LogP contribution in [0.25, 0.3) is 0 Å². The van der Waals surface area contributed by atoms with Crippen molar-refractivity contribution < 1.29 is 9.53 Å². The number of nitrogens with two attached hydrogens (primary N) is 1. The number of anilines is 2. The van der Waals surface area contributed by atoms with E-state index in [4.69, 9.17) is 22.1 Å². The summed E-state index contributed by atoms with van der Waals surface area (Å²) in [5, 5.41) is 3.65. The van der Waals surface area contributed by atoms with Gasteiger partial charge in [0.25, 0.3) is 0 Å². The van der Waals surface area contributed by atoms with E-state index in [1.807, 2.05) is 0 Å². The van der Waals surface area contributed by atoms with E-state index in [0.717, 1.165) is 19.4 Å².